The van der Waals surface area contributed by atoms with Gasteiger partial charge in [-0.3, -0.25) is 4.90 Å². The highest BCUT2D eigenvalue weighted by Gasteiger charge is 2.38. The zero-order chi connectivity index (χ0) is 14.4. The Labute approximate surface area is 124 Å². The minimum atomic E-state index is 0.266. The van der Waals surface area contributed by atoms with E-state index in [1.807, 2.05) is 7.11 Å². The minimum absolute atomic E-state index is 0.266. The number of hydrogen-bond donors (Lipinski definition) is 1. The highest BCUT2D eigenvalue weighted by molar-refractivity contribution is 4.96. The Kier molecular flexibility index (Phi) is 6.27. The van der Waals surface area contributed by atoms with Crippen LogP contribution in [0.3, 0.4) is 0 Å². The molecule has 20 heavy (non-hydrogen) atoms. The summed E-state index contributed by atoms with van der Waals surface area (Å²) in [5.41, 5.74) is 6.50. The first-order chi connectivity index (χ1) is 9.74. The molecule has 2 N–H and O–H groups in total. The molecule has 4 nitrogen and oxygen atoms in total. The number of nitrogens with zero attached hydrogens (tertiary/aromatic N) is 2. The summed E-state index contributed by atoms with van der Waals surface area (Å²) >= 11 is 0. The van der Waals surface area contributed by atoms with Crippen LogP contribution >= 0.6 is 0 Å². The number of nitrogens with two attached hydrogens (primary N) is 1. The van der Waals surface area contributed by atoms with Gasteiger partial charge in [0.15, 0.2) is 0 Å². The van der Waals surface area contributed by atoms with Crippen molar-refractivity contribution in [3.8, 4) is 0 Å². The van der Waals surface area contributed by atoms with Crippen molar-refractivity contribution in [3.05, 3.63) is 0 Å². The van der Waals surface area contributed by atoms with Gasteiger partial charge in [0.25, 0.3) is 0 Å². The van der Waals surface area contributed by atoms with Crippen molar-refractivity contribution >= 4 is 0 Å². The number of piperidine rings is 1. The lowest BCUT2D eigenvalue weighted by atomic mass is 9.85. The Bertz CT molecular complexity index is 279. The molecule has 2 aliphatic rings. The van der Waals surface area contributed by atoms with E-state index in [-0.39, 0.29) is 5.54 Å². The second-order valence-electron chi connectivity index (χ2n) is 6.60. The lowest BCUT2D eigenvalue weighted by molar-refractivity contribution is 0.0252. The molecule has 2 heterocycles. The number of methoxy groups -OCH3 is 1. The largest absolute Gasteiger partial charge is 0.384 e. The molecule has 0 spiro atoms. The maximum Gasteiger partial charge on any atom is 0.0491 e. The van der Waals surface area contributed by atoms with E-state index in [0.29, 0.717) is 0 Å². The molecule has 2 aliphatic heterocycles. The van der Waals surface area contributed by atoms with Crippen LogP contribution in [0.2, 0.25) is 0 Å². The Morgan fingerprint density at radius 2 is 1.90 bits per heavy atom. The lowest BCUT2D eigenvalue weighted by Gasteiger charge is -2.46. The van der Waals surface area contributed by atoms with Crippen molar-refractivity contribution in [3.63, 3.8) is 0 Å². The molecule has 0 amide bonds. The first-order valence-corrected chi connectivity index (χ1v) is 8.40. The smallest absolute Gasteiger partial charge is 0.0491 e. The molecule has 0 bridgehead atoms. The van der Waals surface area contributed by atoms with Crippen LogP contribution in [0.4, 0.5) is 0 Å². The molecule has 2 saturated heterocycles. The first kappa shape index (κ1) is 16.2. The summed E-state index contributed by atoms with van der Waals surface area (Å²) in [4.78, 5) is 5.29. The highest BCUT2D eigenvalue weighted by Crippen LogP contribution is 2.32. The fourth-order valence-corrected chi connectivity index (χ4v) is 4.01. The molecule has 0 aromatic carbocycles. The van der Waals surface area contributed by atoms with E-state index in [1.54, 1.807) is 0 Å². The zero-order valence-corrected chi connectivity index (χ0v) is 13.4. The Morgan fingerprint density at radius 3 is 2.50 bits per heavy atom. The Balaban J connectivity index is 1.94. The summed E-state index contributed by atoms with van der Waals surface area (Å²) < 4.78 is 5.31. The second-order valence-corrected chi connectivity index (χ2v) is 6.60. The molecule has 4 heteroatoms. The highest BCUT2D eigenvalue weighted by atomic mass is 16.5. The maximum atomic E-state index is 6.23. The third-order valence-corrected chi connectivity index (χ3v) is 5.52. The van der Waals surface area contributed by atoms with Gasteiger partial charge in [0.05, 0.1) is 0 Å². The van der Waals surface area contributed by atoms with E-state index in [0.717, 1.165) is 19.1 Å². The van der Waals surface area contributed by atoms with Crippen LogP contribution in [0.5, 0.6) is 0 Å². The van der Waals surface area contributed by atoms with Gasteiger partial charge in [-0.15, -0.1) is 0 Å². The van der Waals surface area contributed by atoms with Gasteiger partial charge in [-0.05, 0) is 70.7 Å². The molecule has 1 atom stereocenters. The van der Waals surface area contributed by atoms with Crippen LogP contribution in [0, 0.1) is 5.92 Å². The predicted molar refractivity (Wildman–Crippen MR) is 83.9 cm³/mol. The molecule has 0 radical (unpaired) electrons. The normalized spacial score (nSPS) is 31.4. The zero-order valence-electron chi connectivity index (χ0n) is 13.4. The first-order valence-electron chi connectivity index (χ1n) is 8.40. The average Bonchev–Trinajstić information content (AvgIpc) is 2.71. The molecule has 2 rings (SSSR count). The molecule has 2 fully saturated rings. The molecule has 0 aromatic rings. The summed E-state index contributed by atoms with van der Waals surface area (Å²) in [6.45, 7) is 10.1. The van der Waals surface area contributed by atoms with Crippen LogP contribution in [-0.2, 0) is 4.74 Å². The van der Waals surface area contributed by atoms with E-state index in [1.165, 1.54) is 64.8 Å². The van der Waals surface area contributed by atoms with Gasteiger partial charge in [0.2, 0.25) is 0 Å². The van der Waals surface area contributed by atoms with E-state index in [9.17, 15) is 0 Å². The van der Waals surface area contributed by atoms with Gasteiger partial charge in [0.1, 0.15) is 0 Å². The molecular formula is C16H33N3O. The number of rotatable bonds is 5. The molecule has 0 saturated carbocycles. The standard InChI is InChI=1S/C16H33N3O/c1-3-18-9-4-7-16(14-17,8-12-18)19-10-5-15(6-11-19)13-20-2/h15H,3-14,17H2,1-2H3. The van der Waals surface area contributed by atoms with E-state index in [2.05, 4.69) is 16.7 Å². The average molecular weight is 283 g/mol. The number of likely N-dealkylation sites (tertiary alicyclic amines) is 2. The summed E-state index contributed by atoms with van der Waals surface area (Å²) in [5, 5.41) is 0. The van der Waals surface area contributed by atoms with Gasteiger partial charge in [-0.1, -0.05) is 6.92 Å². The van der Waals surface area contributed by atoms with E-state index in [4.69, 9.17) is 10.5 Å². The summed E-state index contributed by atoms with van der Waals surface area (Å²) in [5.74, 6) is 0.754. The van der Waals surface area contributed by atoms with Gasteiger partial charge in [-0.2, -0.15) is 0 Å². The summed E-state index contributed by atoms with van der Waals surface area (Å²) in [6.07, 6.45) is 6.35. The topological polar surface area (TPSA) is 41.7 Å². The van der Waals surface area contributed by atoms with Crippen LogP contribution in [0.25, 0.3) is 0 Å². The number of hydrogen-bond acceptors (Lipinski definition) is 4. The second kappa shape index (κ2) is 7.74. The molecule has 0 aliphatic carbocycles. The van der Waals surface area contributed by atoms with Gasteiger partial charge < -0.3 is 15.4 Å². The van der Waals surface area contributed by atoms with Crippen molar-refractivity contribution in [2.45, 2.75) is 44.6 Å². The van der Waals surface area contributed by atoms with Crippen molar-refractivity contribution in [2.24, 2.45) is 11.7 Å². The SMILES string of the molecule is CCN1CCCC(CN)(N2CCC(COC)CC2)CC1. The van der Waals surface area contributed by atoms with Crippen LogP contribution in [0.15, 0.2) is 0 Å². The van der Waals surface area contributed by atoms with E-state index >= 15 is 0 Å². The van der Waals surface area contributed by atoms with Gasteiger partial charge in [0, 0.05) is 25.8 Å². The lowest BCUT2D eigenvalue weighted by Crippen LogP contribution is -2.57. The third kappa shape index (κ3) is 3.73. The maximum absolute atomic E-state index is 6.23. The number of ether oxygens (including phenoxy) is 1. The van der Waals surface area contributed by atoms with Crippen LogP contribution in [0.1, 0.15) is 39.0 Å². The predicted octanol–water partition coefficient (Wildman–Crippen LogP) is 1.55. The van der Waals surface area contributed by atoms with Crippen molar-refractivity contribution in [1.82, 2.24) is 9.80 Å². The van der Waals surface area contributed by atoms with Crippen LogP contribution in [-0.4, -0.2) is 68.3 Å². The van der Waals surface area contributed by atoms with Crippen molar-refractivity contribution in [2.75, 3.05) is 53.0 Å². The van der Waals surface area contributed by atoms with Crippen molar-refractivity contribution < 1.29 is 4.74 Å². The van der Waals surface area contributed by atoms with Gasteiger partial charge in [-0.25, -0.2) is 0 Å². The fourth-order valence-electron chi connectivity index (χ4n) is 4.01. The molecule has 1 unspecified atom stereocenters. The minimum Gasteiger partial charge on any atom is -0.384 e. The van der Waals surface area contributed by atoms with Gasteiger partial charge >= 0.3 is 0 Å². The molecule has 0 aromatic heterocycles. The van der Waals surface area contributed by atoms with E-state index < -0.39 is 0 Å². The fraction of sp³-hybridized carbons (Fsp3) is 1.00. The Morgan fingerprint density at radius 1 is 1.15 bits per heavy atom. The summed E-state index contributed by atoms with van der Waals surface area (Å²) in [6, 6.07) is 0. The molecular weight excluding hydrogens is 250 g/mol. The van der Waals surface area contributed by atoms with Crippen molar-refractivity contribution in [1.29, 1.82) is 0 Å². The Hall–Kier alpha value is -0.160. The quantitative estimate of drug-likeness (QED) is 0.831. The monoisotopic (exact) mass is 283 g/mol. The molecule has 118 valence electrons. The van der Waals surface area contributed by atoms with Crippen LogP contribution < -0.4 is 5.73 Å². The summed E-state index contributed by atoms with van der Waals surface area (Å²) in [7, 11) is 1.82. The third-order valence-electron chi connectivity index (χ3n) is 5.52.